The number of hydrogen-bond acceptors (Lipinski definition) is 2. The minimum absolute atomic E-state index is 0.268. The summed E-state index contributed by atoms with van der Waals surface area (Å²) in [5, 5.41) is 0. The molecule has 0 aromatic carbocycles. The Bertz CT molecular complexity index is 362. The zero-order chi connectivity index (χ0) is 16.3. The lowest BCUT2D eigenvalue weighted by molar-refractivity contribution is -0.118. The molecule has 0 aromatic heterocycles. The predicted molar refractivity (Wildman–Crippen MR) is 90.6 cm³/mol. The van der Waals surface area contributed by atoms with Crippen LogP contribution in [0.5, 0.6) is 0 Å². The maximum Gasteiger partial charge on any atom is 0.126 e. The van der Waals surface area contributed by atoms with Gasteiger partial charge in [0.1, 0.15) is 13.1 Å². The van der Waals surface area contributed by atoms with E-state index in [4.69, 9.17) is 16.4 Å². The van der Waals surface area contributed by atoms with Crippen LogP contribution in [0.25, 0.3) is 0 Å². The van der Waals surface area contributed by atoms with Gasteiger partial charge in [0.15, 0.2) is 0 Å². The molecule has 0 aliphatic heterocycles. The third-order valence-corrected chi connectivity index (χ3v) is 4.81. The summed E-state index contributed by atoms with van der Waals surface area (Å²) in [5.74, 6) is 1.45. The molecule has 0 saturated carbocycles. The standard InChI is InChI=1S/C17H27ClO.CH2O/c1-4-16(10-11-18)14(2)17(3,13-19)12-15-8-6-5-7-9-15;1-2/h4,6,8,13-15H,5,7,9-12H2,1-3H3;1H2/b16-4-;. The summed E-state index contributed by atoms with van der Waals surface area (Å²) >= 11 is 5.86. The van der Waals surface area contributed by atoms with Crippen molar-refractivity contribution in [2.24, 2.45) is 17.3 Å². The molecule has 1 rings (SSSR count). The summed E-state index contributed by atoms with van der Waals surface area (Å²) in [7, 11) is 0. The molecule has 0 bridgehead atoms. The van der Waals surface area contributed by atoms with Crippen LogP contribution in [0.3, 0.4) is 0 Å². The summed E-state index contributed by atoms with van der Waals surface area (Å²) in [6.07, 6.45) is 13.3. The highest BCUT2D eigenvalue weighted by molar-refractivity contribution is 6.18. The molecule has 21 heavy (non-hydrogen) atoms. The second kappa shape index (κ2) is 10.8. The molecule has 0 spiro atoms. The molecule has 0 amide bonds. The number of carbonyl (C=O) groups is 2. The molecular formula is C18H29ClO2. The topological polar surface area (TPSA) is 34.1 Å². The molecule has 0 aromatic rings. The van der Waals surface area contributed by atoms with Crippen molar-refractivity contribution < 1.29 is 9.59 Å². The summed E-state index contributed by atoms with van der Waals surface area (Å²) in [4.78, 5) is 19.7. The van der Waals surface area contributed by atoms with Crippen LogP contribution in [-0.4, -0.2) is 19.0 Å². The van der Waals surface area contributed by atoms with E-state index in [2.05, 4.69) is 32.1 Å². The van der Waals surface area contributed by atoms with Gasteiger partial charge in [0.25, 0.3) is 0 Å². The van der Waals surface area contributed by atoms with Crippen molar-refractivity contribution in [2.45, 2.75) is 52.9 Å². The van der Waals surface area contributed by atoms with E-state index in [9.17, 15) is 4.79 Å². The number of aldehydes is 1. The minimum Gasteiger partial charge on any atom is -0.307 e. The van der Waals surface area contributed by atoms with Gasteiger partial charge in [-0.3, -0.25) is 0 Å². The van der Waals surface area contributed by atoms with Crippen LogP contribution < -0.4 is 0 Å². The summed E-state index contributed by atoms with van der Waals surface area (Å²) in [6.45, 7) is 8.32. The van der Waals surface area contributed by atoms with Crippen LogP contribution in [0.1, 0.15) is 52.9 Å². The lowest BCUT2D eigenvalue weighted by Gasteiger charge is -2.35. The molecule has 1 aliphatic rings. The maximum atomic E-state index is 11.7. The Hall–Kier alpha value is -0.890. The van der Waals surface area contributed by atoms with Crippen molar-refractivity contribution in [3.63, 3.8) is 0 Å². The monoisotopic (exact) mass is 312 g/mol. The molecule has 0 saturated heterocycles. The van der Waals surface area contributed by atoms with E-state index in [1.807, 2.05) is 13.7 Å². The van der Waals surface area contributed by atoms with Crippen molar-refractivity contribution >= 4 is 24.7 Å². The first-order valence-corrected chi connectivity index (χ1v) is 8.23. The SMILES string of the molecule is C/C=C(/CCCl)C(C)C(C)(C=O)CC1C=CCCC1.C=O. The first-order valence-electron chi connectivity index (χ1n) is 7.70. The van der Waals surface area contributed by atoms with E-state index >= 15 is 0 Å². The van der Waals surface area contributed by atoms with Crippen LogP contribution >= 0.6 is 11.6 Å². The lowest BCUT2D eigenvalue weighted by atomic mass is 9.68. The van der Waals surface area contributed by atoms with Crippen LogP contribution in [0.15, 0.2) is 23.8 Å². The van der Waals surface area contributed by atoms with Crippen LogP contribution in [0.4, 0.5) is 0 Å². The number of rotatable bonds is 7. The smallest absolute Gasteiger partial charge is 0.126 e. The fraction of sp³-hybridized carbons (Fsp3) is 0.667. The molecule has 3 unspecified atom stereocenters. The molecule has 0 radical (unpaired) electrons. The minimum atomic E-state index is -0.278. The van der Waals surface area contributed by atoms with Crippen molar-refractivity contribution in [1.82, 2.24) is 0 Å². The second-order valence-corrected chi connectivity index (χ2v) is 6.35. The molecular weight excluding hydrogens is 284 g/mol. The van der Waals surface area contributed by atoms with Crippen molar-refractivity contribution in [3.05, 3.63) is 23.8 Å². The van der Waals surface area contributed by atoms with Crippen molar-refractivity contribution in [2.75, 3.05) is 5.88 Å². The van der Waals surface area contributed by atoms with Gasteiger partial charge in [0.05, 0.1) is 0 Å². The van der Waals surface area contributed by atoms with E-state index in [1.165, 1.54) is 24.8 Å². The highest BCUT2D eigenvalue weighted by atomic mass is 35.5. The van der Waals surface area contributed by atoms with Crippen LogP contribution in [-0.2, 0) is 9.59 Å². The quantitative estimate of drug-likeness (QED) is 0.378. The Kier molecular flexibility index (Phi) is 10.3. The highest BCUT2D eigenvalue weighted by Crippen LogP contribution is 2.40. The summed E-state index contributed by atoms with van der Waals surface area (Å²) < 4.78 is 0. The van der Waals surface area contributed by atoms with Gasteiger partial charge in [-0.05, 0) is 50.9 Å². The van der Waals surface area contributed by atoms with E-state index in [0.29, 0.717) is 11.8 Å². The predicted octanol–water partition coefficient (Wildman–Crippen LogP) is 4.96. The Morgan fingerprint density at radius 2 is 2.19 bits per heavy atom. The van der Waals surface area contributed by atoms with Gasteiger partial charge in [0, 0.05) is 11.3 Å². The van der Waals surface area contributed by atoms with Gasteiger partial charge in [-0.15, -0.1) is 11.6 Å². The van der Waals surface area contributed by atoms with E-state index in [1.54, 1.807) is 0 Å². The van der Waals surface area contributed by atoms with Gasteiger partial charge < -0.3 is 9.59 Å². The largest absolute Gasteiger partial charge is 0.307 e. The number of carbonyl (C=O) groups excluding carboxylic acids is 2. The maximum absolute atomic E-state index is 11.7. The molecule has 1 aliphatic carbocycles. The Balaban J connectivity index is 0.00000191. The van der Waals surface area contributed by atoms with Gasteiger partial charge in [-0.25, -0.2) is 0 Å². The highest BCUT2D eigenvalue weighted by Gasteiger charge is 2.34. The lowest BCUT2D eigenvalue weighted by Crippen LogP contribution is -2.31. The average Bonchev–Trinajstić information content (AvgIpc) is 2.54. The van der Waals surface area contributed by atoms with Crippen LogP contribution in [0.2, 0.25) is 0 Å². The number of halogens is 1. The summed E-state index contributed by atoms with van der Waals surface area (Å²) in [6, 6.07) is 0. The first kappa shape index (κ1) is 20.1. The molecule has 0 heterocycles. The normalized spacial score (nSPS) is 22.7. The Morgan fingerprint density at radius 3 is 2.62 bits per heavy atom. The third kappa shape index (κ3) is 6.17. The molecule has 0 N–H and O–H groups in total. The number of alkyl halides is 1. The number of allylic oxidation sites excluding steroid dienone is 4. The first-order chi connectivity index (χ1) is 10.1. The average molecular weight is 313 g/mol. The Morgan fingerprint density at radius 1 is 1.52 bits per heavy atom. The van der Waals surface area contributed by atoms with E-state index in [0.717, 1.165) is 19.1 Å². The van der Waals surface area contributed by atoms with E-state index in [-0.39, 0.29) is 11.3 Å². The zero-order valence-corrected chi connectivity index (χ0v) is 14.4. The van der Waals surface area contributed by atoms with Gasteiger partial charge in [0.2, 0.25) is 0 Å². The summed E-state index contributed by atoms with van der Waals surface area (Å²) in [5.41, 5.74) is 1.03. The third-order valence-electron chi connectivity index (χ3n) is 4.62. The van der Waals surface area contributed by atoms with Gasteiger partial charge in [-0.1, -0.05) is 37.6 Å². The zero-order valence-electron chi connectivity index (χ0n) is 13.6. The molecule has 3 heteroatoms. The number of hydrogen-bond donors (Lipinski definition) is 0. The fourth-order valence-corrected chi connectivity index (χ4v) is 3.31. The van der Waals surface area contributed by atoms with Crippen molar-refractivity contribution in [1.29, 1.82) is 0 Å². The molecule has 2 nitrogen and oxygen atoms in total. The van der Waals surface area contributed by atoms with Gasteiger partial charge in [-0.2, -0.15) is 0 Å². The van der Waals surface area contributed by atoms with E-state index < -0.39 is 0 Å². The van der Waals surface area contributed by atoms with Crippen LogP contribution in [0, 0.1) is 17.3 Å². The molecule has 0 fully saturated rings. The second-order valence-electron chi connectivity index (χ2n) is 5.97. The molecule has 120 valence electrons. The molecule has 3 atom stereocenters. The van der Waals surface area contributed by atoms with Gasteiger partial charge >= 0.3 is 0 Å². The Labute approximate surface area is 134 Å². The van der Waals surface area contributed by atoms with Crippen molar-refractivity contribution in [3.8, 4) is 0 Å². The fourth-order valence-electron chi connectivity index (χ4n) is 3.09.